The number of carbonyl (C=O) groups excluding carboxylic acids is 1. The van der Waals surface area contributed by atoms with Crippen molar-refractivity contribution in [3.05, 3.63) is 95.2 Å². The summed E-state index contributed by atoms with van der Waals surface area (Å²) in [6.07, 6.45) is 0. The van der Waals surface area contributed by atoms with E-state index in [4.69, 9.17) is 25.5 Å². The Morgan fingerprint density at radius 3 is 2.44 bits per heavy atom. The smallest absolute Gasteiger partial charge is 0.380 e. The molecule has 0 fully saturated rings. The molecule has 3 aromatic carbocycles. The van der Waals surface area contributed by atoms with Gasteiger partial charge in [0.2, 0.25) is 5.76 Å². The number of hydrogen-bond donors (Lipinski definition) is 0. The van der Waals surface area contributed by atoms with Gasteiger partial charge < -0.3 is 13.9 Å². The van der Waals surface area contributed by atoms with Gasteiger partial charge in [-0.15, -0.1) is 0 Å². The molecular formula is C22H15ClO4. The molecule has 5 heteroatoms. The van der Waals surface area contributed by atoms with Crippen LogP contribution in [-0.2, 0) is 6.61 Å². The lowest BCUT2D eigenvalue weighted by Gasteiger charge is -2.07. The topological polar surface area (TPSA) is 48.7 Å². The van der Waals surface area contributed by atoms with Crippen molar-refractivity contribution in [2.24, 2.45) is 0 Å². The van der Waals surface area contributed by atoms with Crippen LogP contribution in [0.15, 0.2) is 83.3 Å². The highest BCUT2D eigenvalue weighted by Gasteiger charge is 2.23. The first-order valence-corrected chi connectivity index (χ1v) is 8.74. The normalized spacial score (nSPS) is 10.7. The standard InChI is InChI=1S/C22H15ClO4/c23-15-7-6-10-17(13-15)26-22(24)21-19(14-25-16-8-2-1-3-9-16)18-11-4-5-12-20(18)27-21/h1-13H,14H2. The Kier molecular flexibility index (Phi) is 4.81. The Morgan fingerprint density at radius 2 is 1.63 bits per heavy atom. The summed E-state index contributed by atoms with van der Waals surface area (Å²) in [4.78, 5) is 12.7. The fourth-order valence-electron chi connectivity index (χ4n) is 2.76. The quantitative estimate of drug-likeness (QED) is 0.321. The predicted octanol–water partition coefficient (Wildman–Crippen LogP) is 5.88. The molecule has 27 heavy (non-hydrogen) atoms. The lowest BCUT2D eigenvalue weighted by molar-refractivity contribution is 0.0700. The number of halogens is 1. The monoisotopic (exact) mass is 378 g/mol. The largest absolute Gasteiger partial charge is 0.489 e. The molecule has 0 saturated carbocycles. The van der Waals surface area contributed by atoms with Gasteiger partial charge in [-0.05, 0) is 36.4 Å². The van der Waals surface area contributed by atoms with Gasteiger partial charge in [-0.3, -0.25) is 0 Å². The van der Waals surface area contributed by atoms with E-state index in [1.807, 2.05) is 48.5 Å². The lowest BCUT2D eigenvalue weighted by atomic mass is 10.1. The molecule has 0 aliphatic heterocycles. The molecule has 0 radical (unpaired) electrons. The van der Waals surface area contributed by atoms with Crippen molar-refractivity contribution in [2.75, 3.05) is 0 Å². The molecule has 0 unspecified atom stereocenters. The highest BCUT2D eigenvalue weighted by atomic mass is 35.5. The number of furan rings is 1. The maximum Gasteiger partial charge on any atom is 0.380 e. The molecule has 134 valence electrons. The minimum absolute atomic E-state index is 0.118. The zero-order chi connectivity index (χ0) is 18.6. The van der Waals surface area contributed by atoms with Crippen LogP contribution < -0.4 is 9.47 Å². The van der Waals surface area contributed by atoms with E-state index in [-0.39, 0.29) is 12.4 Å². The van der Waals surface area contributed by atoms with Crippen molar-refractivity contribution in [1.82, 2.24) is 0 Å². The van der Waals surface area contributed by atoms with Crippen LogP contribution in [0.3, 0.4) is 0 Å². The summed E-state index contributed by atoms with van der Waals surface area (Å²) in [6.45, 7) is 0.182. The fourth-order valence-corrected chi connectivity index (χ4v) is 2.94. The third-order valence-electron chi connectivity index (χ3n) is 4.02. The van der Waals surface area contributed by atoms with Gasteiger partial charge in [-0.25, -0.2) is 4.79 Å². The zero-order valence-electron chi connectivity index (χ0n) is 14.2. The van der Waals surface area contributed by atoms with E-state index < -0.39 is 5.97 Å². The minimum atomic E-state index is -0.597. The molecule has 4 rings (SSSR count). The fraction of sp³-hybridized carbons (Fsp3) is 0.0455. The highest BCUT2D eigenvalue weighted by molar-refractivity contribution is 6.30. The maximum atomic E-state index is 12.7. The van der Waals surface area contributed by atoms with Crippen LogP contribution in [0.2, 0.25) is 5.02 Å². The van der Waals surface area contributed by atoms with E-state index in [0.29, 0.717) is 27.7 Å². The maximum absolute atomic E-state index is 12.7. The number of esters is 1. The van der Waals surface area contributed by atoms with E-state index in [2.05, 4.69) is 0 Å². The number of fused-ring (bicyclic) bond motifs is 1. The molecule has 4 nitrogen and oxygen atoms in total. The van der Waals surface area contributed by atoms with E-state index in [1.165, 1.54) is 0 Å². The molecule has 0 saturated heterocycles. The van der Waals surface area contributed by atoms with Crippen LogP contribution in [0.5, 0.6) is 11.5 Å². The van der Waals surface area contributed by atoms with Crippen LogP contribution in [0.1, 0.15) is 16.1 Å². The van der Waals surface area contributed by atoms with Crippen molar-refractivity contribution in [1.29, 1.82) is 0 Å². The van der Waals surface area contributed by atoms with Gasteiger partial charge in [0.05, 0.1) is 5.56 Å². The summed E-state index contributed by atoms with van der Waals surface area (Å²) in [5.74, 6) is 0.576. The summed E-state index contributed by atoms with van der Waals surface area (Å²) < 4.78 is 17.0. The molecule has 4 aromatic rings. The van der Waals surface area contributed by atoms with E-state index in [0.717, 1.165) is 5.39 Å². The summed E-state index contributed by atoms with van der Waals surface area (Å²) in [7, 11) is 0. The van der Waals surface area contributed by atoms with Crippen molar-refractivity contribution < 1.29 is 18.7 Å². The third-order valence-corrected chi connectivity index (χ3v) is 4.25. The second-order valence-corrected chi connectivity index (χ2v) is 6.29. The lowest BCUT2D eigenvalue weighted by Crippen LogP contribution is -2.11. The summed E-state index contributed by atoms with van der Waals surface area (Å²) in [5.41, 5.74) is 1.24. The van der Waals surface area contributed by atoms with Gasteiger partial charge in [-0.2, -0.15) is 0 Å². The number of ether oxygens (including phenoxy) is 2. The van der Waals surface area contributed by atoms with Crippen LogP contribution in [0.4, 0.5) is 0 Å². The second kappa shape index (κ2) is 7.56. The first kappa shape index (κ1) is 17.2. The summed E-state index contributed by atoms with van der Waals surface area (Å²) >= 11 is 5.95. The van der Waals surface area contributed by atoms with Gasteiger partial charge in [0.15, 0.2) is 0 Å². The first-order valence-electron chi connectivity index (χ1n) is 8.37. The van der Waals surface area contributed by atoms with Crippen molar-refractivity contribution in [3.8, 4) is 11.5 Å². The van der Waals surface area contributed by atoms with Crippen molar-refractivity contribution in [3.63, 3.8) is 0 Å². The Balaban J connectivity index is 1.65. The van der Waals surface area contributed by atoms with Gasteiger partial charge in [0, 0.05) is 10.4 Å². The Hall–Kier alpha value is -3.24. The van der Waals surface area contributed by atoms with Crippen LogP contribution in [0.25, 0.3) is 11.0 Å². The van der Waals surface area contributed by atoms with E-state index in [1.54, 1.807) is 30.3 Å². The Bertz CT molecular complexity index is 1090. The molecule has 0 aliphatic rings. The average molecular weight is 379 g/mol. The van der Waals surface area contributed by atoms with Gasteiger partial charge in [0.1, 0.15) is 23.7 Å². The second-order valence-electron chi connectivity index (χ2n) is 5.85. The number of hydrogen-bond acceptors (Lipinski definition) is 4. The molecular weight excluding hydrogens is 364 g/mol. The number of carbonyl (C=O) groups is 1. The average Bonchev–Trinajstić information content (AvgIpc) is 3.06. The number of rotatable bonds is 5. The Morgan fingerprint density at radius 1 is 0.889 bits per heavy atom. The molecule has 1 heterocycles. The number of benzene rings is 3. The van der Waals surface area contributed by atoms with E-state index in [9.17, 15) is 4.79 Å². The van der Waals surface area contributed by atoms with E-state index >= 15 is 0 Å². The van der Waals surface area contributed by atoms with Crippen LogP contribution in [0, 0.1) is 0 Å². The molecule has 0 amide bonds. The summed E-state index contributed by atoms with van der Waals surface area (Å²) in [5, 5.41) is 1.30. The van der Waals surface area contributed by atoms with Crippen molar-refractivity contribution in [2.45, 2.75) is 6.61 Å². The Labute approximate surface area is 160 Å². The SMILES string of the molecule is O=C(Oc1cccc(Cl)c1)c1oc2ccccc2c1COc1ccccc1. The third kappa shape index (κ3) is 3.81. The van der Waals surface area contributed by atoms with Gasteiger partial charge in [0.25, 0.3) is 0 Å². The zero-order valence-corrected chi connectivity index (χ0v) is 15.0. The summed E-state index contributed by atoms with van der Waals surface area (Å²) in [6, 6.07) is 23.5. The number of para-hydroxylation sites is 2. The molecule has 0 spiro atoms. The van der Waals surface area contributed by atoms with Gasteiger partial charge in [-0.1, -0.05) is 54.1 Å². The van der Waals surface area contributed by atoms with Gasteiger partial charge >= 0.3 is 5.97 Å². The molecule has 0 N–H and O–H groups in total. The highest BCUT2D eigenvalue weighted by Crippen LogP contribution is 2.29. The van der Waals surface area contributed by atoms with Crippen LogP contribution in [-0.4, -0.2) is 5.97 Å². The molecule has 0 aliphatic carbocycles. The van der Waals surface area contributed by atoms with Crippen molar-refractivity contribution >= 4 is 28.5 Å². The van der Waals surface area contributed by atoms with Crippen LogP contribution >= 0.6 is 11.6 Å². The molecule has 1 aromatic heterocycles. The molecule has 0 bridgehead atoms. The predicted molar refractivity (Wildman–Crippen MR) is 103 cm³/mol. The first-order chi connectivity index (χ1) is 13.2. The minimum Gasteiger partial charge on any atom is -0.489 e. The molecule has 0 atom stereocenters.